The van der Waals surface area contributed by atoms with Gasteiger partial charge in [-0.1, -0.05) is 27.2 Å². The second-order valence-electron chi connectivity index (χ2n) is 9.16. The Morgan fingerprint density at radius 1 is 1.23 bits per heavy atom. The molecule has 4 N–H and O–H groups in total. The maximum Gasteiger partial charge on any atom is 0.251 e. The molecule has 216 valence electrons. The summed E-state index contributed by atoms with van der Waals surface area (Å²) in [5, 5.41) is 26.5. The summed E-state index contributed by atoms with van der Waals surface area (Å²) in [4.78, 5) is 38.5. The lowest BCUT2D eigenvalue weighted by atomic mass is 9.88. The van der Waals surface area contributed by atoms with Crippen molar-refractivity contribution in [1.82, 2.24) is 20.4 Å². The number of hydrogen-bond donors (Lipinski definition) is 5. The van der Waals surface area contributed by atoms with Crippen molar-refractivity contribution in [1.29, 1.82) is 5.26 Å². The van der Waals surface area contributed by atoms with E-state index in [1.165, 1.54) is 0 Å². The average molecular weight is 561 g/mol. The van der Waals surface area contributed by atoms with Crippen LogP contribution in [0.25, 0.3) is 0 Å². The number of β-lactam (4-membered cyclic amide) rings is 1. The molecule has 0 saturated carbocycles. The smallest absolute Gasteiger partial charge is 0.251 e. The number of nitrogens with one attached hydrogen (secondary N) is 3. The van der Waals surface area contributed by atoms with Gasteiger partial charge in [-0.15, -0.1) is 0 Å². The third-order valence-corrected chi connectivity index (χ3v) is 7.13. The number of thiol groups is 1. The van der Waals surface area contributed by atoms with E-state index in [0.717, 1.165) is 38.2 Å². The van der Waals surface area contributed by atoms with Gasteiger partial charge in [0, 0.05) is 43.0 Å². The summed E-state index contributed by atoms with van der Waals surface area (Å²) in [6.45, 7) is 13.9. The lowest BCUT2D eigenvalue weighted by molar-refractivity contribution is -0.138. The number of nitrogens with zero attached hydrogens (tertiary/aromatic N) is 3. The number of aliphatic hydroxyl groups excluding tert-OH is 1. The number of amides is 3. The van der Waals surface area contributed by atoms with Crippen molar-refractivity contribution in [3.63, 3.8) is 0 Å². The van der Waals surface area contributed by atoms with Crippen molar-refractivity contribution in [3.8, 4) is 6.07 Å². The largest absolute Gasteiger partial charge is 0.394 e. The number of hydrogen-bond acceptors (Lipinski definition) is 8. The van der Waals surface area contributed by atoms with E-state index >= 15 is 0 Å². The van der Waals surface area contributed by atoms with Crippen LogP contribution in [-0.4, -0.2) is 89.8 Å². The van der Waals surface area contributed by atoms with Crippen molar-refractivity contribution < 1.29 is 19.5 Å². The van der Waals surface area contributed by atoms with E-state index in [1.54, 1.807) is 36.1 Å². The van der Waals surface area contributed by atoms with Gasteiger partial charge in [0.25, 0.3) is 11.8 Å². The van der Waals surface area contributed by atoms with Crippen LogP contribution in [0.4, 0.5) is 5.69 Å². The highest BCUT2D eigenvalue weighted by Crippen LogP contribution is 2.42. The Bertz CT molecular complexity index is 1010. The first-order chi connectivity index (χ1) is 18.7. The summed E-state index contributed by atoms with van der Waals surface area (Å²) >= 11 is 4.59. The number of nitriles is 1. The fraction of sp³-hybridized carbons (Fsp3) is 0.571. The normalized spacial score (nSPS) is 18.2. The molecule has 0 spiro atoms. The van der Waals surface area contributed by atoms with Crippen LogP contribution in [0.5, 0.6) is 0 Å². The van der Waals surface area contributed by atoms with E-state index in [2.05, 4.69) is 53.4 Å². The number of likely N-dealkylation sites (N-methyl/N-ethyl adjacent to an activating group) is 1. The van der Waals surface area contributed by atoms with E-state index < -0.39 is 4.75 Å². The van der Waals surface area contributed by atoms with Crippen LogP contribution < -0.4 is 16.0 Å². The van der Waals surface area contributed by atoms with Crippen molar-refractivity contribution in [2.45, 2.75) is 58.2 Å². The zero-order valence-corrected chi connectivity index (χ0v) is 24.7. The van der Waals surface area contributed by atoms with Gasteiger partial charge < -0.3 is 30.9 Å². The van der Waals surface area contributed by atoms with E-state index in [4.69, 9.17) is 5.11 Å². The number of carbonyl (C=O) groups is 3. The Kier molecular flexibility index (Phi) is 15.2. The molecular formula is C28H44N6O4S. The third-order valence-electron chi connectivity index (χ3n) is 6.56. The minimum atomic E-state index is -1.03. The zero-order chi connectivity index (χ0) is 29.4. The molecule has 2 rings (SSSR count). The van der Waals surface area contributed by atoms with Gasteiger partial charge in [0.1, 0.15) is 0 Å². The predicted octanol–water partition coefficient (Wildman–Crippen LogP) is 2.39. The molecule has 1 saturated heterocycles. The average Bonchev–Trinajstić information content (AvgIpc) is 2.96. The first-order valence-electron chi connectivity index (χ1n) is 13.5. The maximum absolute atomic E-state index is 12.5. The highest BCUT2D eigenvalue weighted by molar-refractivity contribution is 7.83. The second-order valence-corrected chi connectivity index (χ2v) is 9.92. The number of likely N-dealkylation sites (tertiary alicyclic amines) is 1. The third kappa shape index (κ3) is 9.56. The number of rotatable bonds is 15. The van der Waals surface area contributed by atoms with E-state index in [9.17, 15) is 19.6 Å². The maximum atomic E-state index is 12.5. The molecule has 3 amide bonds. The predicted molar refractivity (Wildman–Crippen MR) is 157 cm³/mol. The highest BCUT2D eigenvalue weighted by Gasteiger charge is 2.54. The molecule has 2 atom stereocenters. The molecule has 1 aliphatic rings. The van der Waals surface area contributed by atoms with Crippen LogP contribution in [0.2, 0.25) is 0 Å². The second kappa shape index (κ2) is 17.5. The van der Waals surface area contributed by atoms with E-state index in [0.29, 0.717) is 36.3 Å². The number of anilines is 1. The molecule has 1 heterocycles. The molecule has 2 unspecified atom stereocenters. The quantitative estimate of drug-likeness (QED) is 0.0961. The Morgan fingerprint density at radius 3 is 2.36 bits per heavy atom. The highest BCUT2D eigenvalue weighted by atomic mass is 32.1. The molecule has 1 fully saturated rings. The Morgan fingerprint density at radius 2 is 1.87 bits per heavy atom. The van der Waals surface area contributed by atoms with Gasteiger partial charge >= 0.3 is 0 Å². The molecule has 10 nitrogen and oxygen atoms in total. The standard InChI is InChI=1S/C22H31N5O2S.C6H13NO2/c1-5-26(6-2)13-12-24-20(28)17-8-10-18(11-9-17)25-15-22(30)19(16(4)14-23)27(7-3)21(22)29;1-2-3-6(4-8)7-5-9/h8-11,25,30H,5-7,12-13,15H2,1-4H3,(H,24,28);5-6,8H,2-4H2,1H3,(H,7,9)/b19-16-;. The van der Waals surface area contributed by atoms with Crippen LogP contribution in [0.3, 0.4) is 0 Å². The van der Waals surface area contributed by atoms with Crippen LogP contribution in [0.1, 0.15) is 57.8 Å². The molecule has 1 aromatic carbocycles. The van der Waals surface area contributed by atoms with Gasteiger partial charge in [-0.2, -0.15) is 17.9 Å². The molecule has 0 radical (unpaired) electrons. The Labute approximate surface area is 238 Å². The summed E-state index contributed by atoms with van der Waals surface area (Å²) in [7, 11) is 0. The Hall–Kier alpha value is -3.07. The van der Waals surface area contributed by atoms with E-state index in [-0.39, 0.29) is 31.0 Å². The summed E-state index contributed by atoms with van der Waals surface area (Å²) in [5.41, 5.74) is 2.50. The summed E-state index contributed by atoms with van der Waals surface area (Å²) in [6.07, 6.45) is 2.44. The lowest BCUT2D eigenvalue weighted by Gasteiger charge is -2.48. The van der Waals surface area contributed by atoms with Gasteiger partial charge in [0.15, 0.2) is 4.75 Å². The van der Waals surface area contributed by atoms with Crippen LogP contribution >= 0.6 is 12.6 Å². The van der Waals surface area contributed by atoms with Crippen molar-refractivity contribution >= 4 is 36.5 Å². The van der Waals surface area contributed by atoms with Gasteiger partial charge in [-0.25, -0.2) is 0 Å². The molecule has 39 heavy (non-hydrogen) atoms. The topological polar surface area (TPSA) is 138 Å². The zero-order valence-electron chi connectivity index (χ0n) is 23.8. The monoisotopic (exact) mass is 560 g/mol. The van der Waals surface area contributed by atoms with Crippen molar-refractivity contribution in [3.05, 3.63) is 41.1 Å². The number of allylic oxidation sites excluding steroid dienone is 1. The van der Waals surface area contributed by atoms with Gasteiger partial charge in [-0.3, -0.25) is 14.4 Å². The van der Waals surface area contributed by atoms with Gasteiger partial charge in [-0.05, 0) is 57.6 Å². The Balaban J connectivity index is 0.000000724. The lowest BCUT2D eigenvalue weighted by Crippen LogP contribution is -2.64. The van der Waals surface area contributed by atoms with Crippen LogP contribution in [0, 0.1) is 11.3 Å². The van der Waals surface area contributed by atoms with Gasteiger partial charge in [0.2, 0.25) is 6.41 Å². The fourth-order valence-corrected chi connectivity index (χ4v) is 4.72. The number of carbonyl (C=O) groups excluding carboxylic acids is 3. The van der Waals surface area contributed by atoms with Crippen molar-refractivity contribution in [2.75, 3.05) is 51.2 Å². The van der Waals surface area contributed by atoms with Crippen molar-refractivity contribution in [2.24, 2.45) is 0 Å². The molecule has 0 aliphatic carbocycles. The molecular weight excluding hydrogens is 516 g/mol. The summed E-state index contributed by atoms with van der Waals surface area (Å²) in [6, 6.07) is 9.17. The molecule has 1 aliphatic heterocycles. The number of aliphatic hydroxyl groups is 1. The minimum Gasteiger partial charge on any atom is -0.394 e. The molecule has 1 aromatic rings. The van der Waals surface area contributed by atoms with Crippen LogP contribution in [-0.2, 0) is 9.59 Å². The fourth-order valence-electron chi connectivity index (χ4n) is 4.23. The van der Waals surface area contributed by atoms with Gasteiger partial charge in [0.05, 0.1) is 24.4 Å². The minimum absolute atomic E-state index is 0.0343. The molecule has 0 aromatic heterocycles. The first-order valence-corrected chi connectivity index (χ1v) is 13.9. The molecule has 11 heteroatoms. The summed E-state index contributed by atoms with van der Waals surface area (Å²) in [5.74, 6) is -0.225. The summed E-state index contributed by atoms with van der Waals surface area (Å²) < 4.78 is -1.03. The van der Waals surface area contributed by atoms with E-state index in [1.807, 2.05) is 13.8 Å². The first kappa shape index (κ1) is 34.0. The molecule has 0 bridgehead atoms. The SMILES string of the molecule is CCCC(CO)NC=O.CCN(CC)CCNC(=O)c1ccc(NCC2(S)C(=O)N(CC)/C2=C(/C)C#N)cc1. The number of benzene rings is 1. The van der Waals surface area contributed by atoms with Crippen LogP contribution in [0.15, 0.2) is 35.5 Å².